The van der Waals surface area contributed by atoms with Crippen LogP contribution >= 0.6 is 430 Å². The topological polar surface area (TPSA) is 46.5 Å². The van der Waals surface area contributed by atoms with Gasteiger partial charge in [0, 0.05) is 0 Å². The first kappa shape index (κ1) is 57.0. The SMILES string of the molecule is O=S(O)OC(Br)(Br)C(Br)(Br)C(Br)(Br)C(Br)(Br)C(Br)(Br)C(Br)(Br)C(Br)(Br)C(Br)(Br)C(Br)(Br)C(Br)(Br)C(Br)(Br)C(Br)(Br)C(Br)(Br)Br. The second kappa shape index (κ2) is 18.8. The maximum absolute atomic E-state index is 11.6. The molecule has 0 aliphatic carbocycles. The standard InChI is InChI=1S/C13HBr27O3S/c14-1(15,2(16,17)4(20,21)6(24,25)8(28,29)10(32,33)12(36,37)38)3(18,19)5(22,23)7(26,27)9(30,31)11(34,35)13(39,40)43-44(41)42/h(H,41,42). The third kappa shape index (κ3) is 10.1. The fourth-order valence-corrected chi connectivity index (χ4v) is 29.2. The first-order chi connectivity index (χ1) is 18.4. The Labute approximate surface area is 483 Å². The third-order valence-electron chi connectivity index (χ3n) is 4.84. The van der Waals surface area contributed by atoms with Gasteiger partial charge in [0.05, 0.1) is 0 Å². The molecule has 31 heteroatoms. The number of hydrogen-bond acceptors (Lipinski definition) is 2. The molecule has 0 amide bonds. The van der Waals surface area contributed by atoms with E-state index in [1.54, 1.807) is 0 Å². The third-order valence-corrected chi connectivity index (χ3v) is 61.7. The number of alkyl halides is 27. The summed E-state index contributed by atoms with van der Waals surface area (Å²) in [7, 11) is 0. The molecule has 0 aliphatic heterocycles. The molecule has 0 spiro atoms. The number of hydrogen-bond donors (Lipinski definition) is 1. The van der Waals surface area contributed by atoms with Crippen LogP contribution in [0.1, 0.15) is 0 Å². The van der Waals surface area contributed by atoms with Gasteiger partial charge >= 0.3 is 11.4 Å². The molecule has 1 N–H and O–H groups in total. The Bertz CT molecular complexity index is 1090. The van der Waals surface area contributed by atoms with Gasteiger partial charge in [-0.3, -0.25) is 4.55 Å². The Hall–Kier alpha value is 13.0. The van der Waals surface area contributed by atoms with Gasteiger partial charge in [-0.05, 0) is 31.9 Å². The lowest BCUT2D eigenvalue weighted by molar-refractivity contribution is 0.251. The maximum atomic E-state index is 11.6. The quantitative estimate of drug-likeness (QED) is 0.148. The van der Waals surface area contributed by atoms with Gasteiger partial charge in [0.25, 0.3) is 0 Å². The first-order valence-corrected chi connectivity index (χ1v) is 31.3. The van der Waals surface area contributed by atoms with E-state index >= 15 is 0 Å². The summed E-state index contributed by atoms with van der Waals surface area (Å²) in [5.41, 5.74) is 0. The van der Waals surface area contributed by atoms with Gasteiger partial charge < -0.3 is 0 Å². The fraction of sp³-hybridized carbons (Fsp3) is 1.00. The summed E-state index contributed by atoms with van der Waals surface area (Å²) in [6.07, 6.45) is 0. The highest BCUT2D eigenvalue weighted by Crippen LogP contribution is 2.82. The predicted octanol–water partition coefficient (Wildman–Crippen LogP) is 19.8. The lowest BCUT2D eigenvalue weighted by Crippen LogP contribution is -2.72. The molecule has 0 saturated heterocycles. The first-order valence-electron chi connectivity index (χ1n) is 8.82. The molecule has 44 heavy (non-hydrogen) atoms. The normalized spacial score (nSPS) is 17.6. The van der Waals surface area contributed by atoms with Crippen LogP contribution in [0, 0.1) is 0 Å². The van der Waals surface area contributed by atoms with Crippen molar-refractivity contribution in [1.82, 2.24) is 0 Å². The van der Waals surface area contributed by atoms with Gasteiger partial charge in [-0.15, -0.1) is 0 Å². The highest BCUT2D eigenvalue weighted by molar-refractivity contribution is 9.42. The average molecular weight is 2390 g/mol. The lowest BCUT2D eigenvalue weighted by atomic mass is 10.0. The lowest BCUT2D eigenvalue weighted by Gasteiger charge is -2.61. The molecule has 266 valence electrons. The molecule has 0 fully saturated rings. The number of rotatable bonds is 13. The highest BCUT2D eigenvalue weighted by Gasteiger charge is 2.82. The van der Waals surface area contributed by atoms with Crippen LogP contribution in [-0.2, 0) is 15.5 Å². The van der Waals surface area contributed by atoms with Gasteiger partial charge in [0.1, 0.15) is 32.3 Å². The molecule has 0 radical (unpaired) electrons. The summed E-state index contributed by atoms with van der Waals surface area (Å²) in [6.45, 7) is 0. The fourth-order valence-electron chi connectivity index (χ4n) is 2.28. The van der Waals surface area contributed by atoms with E-state index in [-0.39, 0.29) is 0 Å². The smallest absolute Gasteiger partial charge is 0.284 e. The molecule has 0 rings (SSSR count). The molecule has 3 nitrogen and oxygen atoms in total. The van der Waals surface area contributed by atoms with Crippen LogP contribution in [0.5, 0.6) is 0 Å². The Morgan fingerprint density at radius 3 is 0.636 bits per heavy atom. The van der Waals surface area contributed by atoms with E-state index < -0.39 is 52.5 Å². The van der Waals surface area contributed by atoms with Crippen molar-refractivity contribution < 1.29 is 12.9 Å². The zero-order valence-corrected chi connectivity index (χ0v) is 62.0. The zero-order valence-electron chi connectivity index (χ0n) is 18.4. The molecular formula is C13HBr27O3S. The minimum atomic E-state index is -2.68. The molecule has 0 bridgehead atoms. The Morgan fingerprint density at radius 2 is 0.477 bits per heavy atom. The summed E-state index contributed by atoms with van der Waals surface area (Å²) >= 11 is 98.7. The van der Waals surface area contributed by atoms with Crippen LogP contribution in [0.15, 0.2) is 0 Å². The predicted molar refractivity (Wildman–Crippen MR) is 288 cm³/mol. The van der Waals surface area contributed by atoms with Crippen LogP contribution in [0.25, 0.3) is 0 Å². The van der Waals surface area contributed by atoms with Crippen molar-refractivity contribution >= 4 is 441 Å². The Kier molecular flexibility index (Phi) is 24.4. The van der Waals surface area contributed by atoms with Crippen LogP contribution in [-0.4, -0.2) is 49.9 Å². The minimum Gasteiger partial charge on any atom is -0.284 e. The van der Waals surface area contributed by atoms with Crippen molar-refractivity contribution in [2.75, 3.05) is 0 Å². The van der Waals surface area contributed by atoms with Crippen molar-refractivity contribution in [3.63, 3.8) is 0 Å². The van der Waals surface area contributed by atoms with E-state index in [1.807, 2.05) is 0 Å². The summed E-state index contributed by atoms with van der Waals surface area (Å²) in [6, 6.07) is 0. The van der Waals surface area contributed by atoms with Gasteiger partial charge in [-0.2, -0.15) is 4.21 Å². The van der Waals surface area contributed by atoms with Crippen molar-refractivity contribution in [3.05, 3.63) is 0 Å². The van der Waals surface area contributed by atoms with Crippen molar-refractivity contribution in [3.8, 4) is 0 Å². The van der Waals surface area contributed by atoms with E-state index in [0.717, 1.165) is 0 Å². The Balaban J connectivity index is 7.45. The van der Waals surface area contributed by atoms with E-state index in [1.165, 1.54) is 0 Å². The monoisotopic (exact) mass is 2370 g/mol. The average Bonchev–Trinajstić information content (AvgIpc) is 2.75. The van der Waals surface area contributed by atoms with E-state index in [2.05, 4.69) is 430 Å². The van der Waals surface area contributed by atoms with Gasteiger partial charge in [0.15, 0.2) is 5.38 Å². The zero-order chi connectivity index (χ0) is 36.8. The largest absolute Gasteiger partial charge is 0.304 e. The molecular weight excluding hydrogens is 2390 g/mol. The summed E-state index contributed by atoms with van der Waals surface area (Å²) < 4.78 is 9.51. The van der Waals surface area contributed by atoms with Gasteiger partial charge in [-0.1, -0.05) is 398 Å². The maximum Gasteiger partial charge on any atom is 0.304 e. The van der Waals surface area contributed by atoms with Crippen molar-refractivity contribution in [1.29, 1.82) is 0 Å². The molecule has 0 aromatic carbocycles. The van der Waals surface area contributed by atoms with Crippen LogP contribution in [0.3, 0.4) is 0 Å². The Morgan fingerprint density at radius 1 is 0.318 bits per heavy atom. The molecule has 0 aliphatic rings. The van der Waals surface area contributed by atoms with Crippen LogP contribution in [0.4, 0.5) is 0 Å². The second-order valence-electron chi connectivity index (χ2n) is 7.63. The van der Waals surface area contributed by atoms with Crippen LogP contribution in [0.2, 0.25) is 0 Å². The minimum absolute atomic E-state index is 0.905. The number of halogens is 27. The molecule has 0 saturated carbocycles. The molecule has 0 aromatic rings. The van der Waals surface area contributed by atoms with E-state index in [4.69, 9.17) is 4.18 Å². The molecule has 0 heterocycles. The summed E-state index contributed by atoms with van der Waals surface area (Å²) in [5.74, 6) is 0. The van der Waals surface area contributed by atoms with Crippen LogP contribution < -0.4 is 0 Å². The summed E-state index contributed by atoms with van der Waals surface area (Å²) in [4.78, 5) is 0. The van der Waals surface area contributed by atoms with E-state index in [9.17, 15) is 8.76 Å². The highest BCUT2D eigenvalue weighted by atomic mass is 80.0. The second-order valence-corrected chi connectivity index (χ2v) is 56.2. The van der Waals surface area contributed by atoms with Gasteiger partial charge in [-0.25, -0.2) is 4.18 Å². The molecule has 1 unspecified atom stereocenters. The molecule has 0 aromatic heterocycles. The molecule has 1 atom stereocenters. The van der Waals surface area contributed by atoms with E-state index in [0.29, 0.717) is 0 Å². The summed E-state index contributed by atoms with van der Waals surface area (Å²) in [5, 5.41) is 0. The van der Waals surface area contributed by atoms with Crippen molar-refractivity contribution in [2.24, 2.45) is 0 Å². The van der Waals surface area contributed by atoms with Crippen molar-refractivity contribution in [2.45, 2.75) is 41.1 Å². The van der Waals surface area contributed by atoms with Gasteiger partial charge in [0.2, 0.25) is 3.42 Å².